The standard InChI is InChI=1S/C15H22FN7O4/c16-3-1-2-7(17)14(26)22-9-11(25)8(4-24)27-15(9)23-6-21-10-12(18)19-5-20-13(10)23/h5-9,11,15,24-25H,1-4,17H2,(H,22,26)(H2,18,19,20)/t7?,8-,9+,11?,15-/m1/s1. The molecule has 1 amide bonds. The van der Waals surface area contributed by atoms with Crippen molar-refractivity contribution < 1.29 is 24.1 Å². The fraction of sp³-hybridized carbons (Fsp3) is 0.600. The van der Waals surface area contributed by atoms with Crippen LogP contribution in [0.1, 0.15) is 19.1 Å². The molecule has 2 aromatic rings. The van der Waals surface area contributed by atoms with E-state index >= 15 is 0 Å². The second kappa shape index (κ2) is 8.08. The van der Waals surface area contributed by atoms with E-state index in [-0.39, 0.29) is 18.7 Å². The summed E-state index contributed by atoms with van der Waals surface area (Å²) in [5, 5.41) is 22.5. The third-order valence-corrected chi connectivity index (χ3v) is 4.51. The molecule has 0 bridgehead atoms. The average Bonchev–Trinajstić information content (AvgIpc) is 3.22. The maximum atomic E-state index is 12.3. The van der Waals surface area contributed by atoms with Gasteiger partial charge in [0.15, 0.2) is 17.7 Å². The minimum absolute atomic E-state index is 0.156. The van der Waals surface area contributed by atoms with Gasteiger partial charge in [0.05, 0.1) is 25.7 Å². The maximum Gasteiger partial charge on any atom is 0.237 e. The van der Waals surface area contributed by atoms with Gasteiger partial charge >= 0.3 is 0 Å². The molecule has 2 unspecified atom stereocenters. The number of nitrogens with zero attached hydrogens (tertiary/aromatic N) is 4. The van der Waals surface area contributed by atoms with Crippen LogP contribution in [0.4, 0.5) is 10.2 Å². The first-order chi connectivity index (χ1) is 13.0. The molecule has 1 saturated heterocycles. The number of carbonyl (C=O) groups is 1. The summed E-state index contributed by atoms with van der Waals surface area (Å²) >= 11 is 0. The number of fused-ring (bicyclic) bond motifs is 1. The van der Waals surface area contributed by atoms with Gasteiger partial charge in [-0.1, -0.05) is 0 Å². The van der Waals surface area contributed by atoms with Crippen LogP contribution in [0.5, 0.6) is 0 Å². The van der Waals surface area contributed by atoms with Crippen molar-refractivity contribution in [2.24, 2.45) is 5.73 Å². The van der Waals surface area contributed by atoms with Gasteiger partial charge in [0.2, 0.25) is 5.91 Å². The number of aliphatic hydroxyl groups is 2. The lowest BCUT2D eigenvalue weighted by molar-refractivity contribution is -0.124. The molecule has 7 N–H and O–H groups in total. The quantitative estimate of drug-likeness (QED) is 0.370. The molecule has 3 heterocycles. The molecular weight excluding hydrogens is 361 g/mol. The largest absolute Gasteiger partial charge is 0.394 e. The van der Waals surface area contributed by atoms with Gasteiger partial charge in [0, 0.05) is 0 Å². The van der Waals surface area contributed by atoms with E-state index < -0.39 is 49.7 Å². The van der Waals surface area contributed by atoms with E-state index in [2.05, 4.69) is 20.3 Å². The second-order valence-electron chi connectivity index (χ2n) is 6.29. The average molecular weight is 383 g/mol. The Morgan fingerprint density at radius 1 is 1.44 bits per heavy atom. The maximum absolute atomic E-state index is 12.3. The monoisotopic (exact) mass is 383 g/mol. The summed E-state index contributed by atoms with van der Waals surface area (Å²) in [6.45, 7) is -1.03. The molecule has 0 saturated carbocycles. The molecule has 1 fully saturated rings. The molecule has 5 atom stereocenters. The van der Waals surface area contributed by atoms with Gasteiger partial charge in [0.1, 0.15) is 30.1 Å². The Balaban J connectivity index is 1.87. The first kappa shape index (κ1) is 19.4. The lowest BCUT2D eigenvalue weighted by Gasteiger charge is -2.24. The van der Waals surface area contributed by atoms with Gasteiger partial charge < -0.3 is 31.7 Å². The van der Waals surface area contributed by atoms with E-state index in [0.717, 1.165) is 0 Å². The van der Waals surface area contributed by atoms with Crippen molar-refractivity contribution in [2.75, 3.05) is 19.0 Å². The normalized spacial score (nSPS) is 26.4. The zero-order chi connectivity index (χ0) is 19.6. The lowest BCUT2D eigenvalue weighted by Crippen LogP contribution is -2.51. The zero-order valence-corrected chi connectivity index (χ0v) is 14.4. The van der Waals surface area contributed by atoms with Crippen molar-refractivity contribution in [2.45, 2.75) is 43.4 Å². The van der Waals surface area contributed by atoms with E-state index in [1.54, 1.807) is 0 Å². The van der Waals surface area contributed by atoms with Crippen molar-refractivity contribution >= 4 is 22.9 Å². The van der Waals surface area contributed by atoms with Gasteiger partial charge in [-0.25, -0.2) is 15.0 Å². The van der Waals surface area contributed by atoms with Crippen molar-refractivity contribution in [3.63, 3.8) is 0 Å². The number of carbonyl (C=O) groups excluding carboxylic acids is 1. The molecule has 3 rings (SSSR count). The van der Waals surface area contributed by atoms with Crippen molar-refractivity contribution in [3.8, 4) is 0 Å². The third-order valence-electron chi connectivity index (χ3n) is 4.51. The van der Waals surface area contributed by atoms with Crippen LogP contribution >= 0.6 is 0 Å². The SMILES string of the molecule is Nc1ncnc2c1ncn2[C@@H]1O[C@H](CO)C(O)[C@@H]1NC(=O)C(N)CCCF. The number of hydrogen-bond acceptors (Lipinski definition) is 9. The van der Waals surface area contributed by atoms with E-state index in [0.29, 0.717) is 11.2 Å². The number of alkyl halides is 1. The molecular formula is C15H22FN7O4. The van der Waals surface area contributed by atoms with Crippen LogP contribution < -0.4 is 16.8 Å². The summed E-state index contributed by atoms with van der Waals surface area (Å²) in [5.41, 5.74) is 12.2. The lowest BCUT2D eigenvalue weighted by atomic mass is 10.1. The molecule has 27 heavy (non-hydrogen) atoms. The van der Waals surface area contributed by atoms with Crippen molar-refractivity contribution in [1.82, 2.24) is 24.8 Å². The summed E-state index contributed by atoms with van der Waals surface area (Å²) < 4.78 is 19.5. The number of nitrogen functional groups attached to an aromatic ring is 1. The van der Waals surface area contributed by atoms with Crippen LogP contribution in [0.15, 0.2) is 12.7 Å². The van der Waals surface area contributed by atoms with Gasteiger partial charge in [-0.2, -0.15) is 0 Å². The van der Waals surface area contributed by atoms with Crippen LogP contribution in [0.2, 0.25) is 0 Å². The topological polar surface area (TPSA) is 174 Å². The third kappa shape index (κ3) is 3.69. The first-order valence-electron chi connectivity index (χ1n) is 8.47. The minimum Gasteiger partial charge on any atom is -0.394 e. The number of anilines is 1. The van der Waals surface area contributed by atoms with E-state index in [1.165, 1.54) is 17.2 Å². The summed E-state index contributed by atoms with van der Waals surface area (Å²) in [5.74, 6) is -0.386. The van der Waals surface area contributed by atoms with Gasteiger partial charge in [-0.3, -0.25) is 13.8 Å². The highest BCUT2D eigenvalue weighted by molar-refractivity contribution is 5.82. The van der Waals surface area contributed by atoms with Crippen LogP contribution in [-0.2, 0) is 9.53 Å². The molecule has 11 nitrogen and oxygen atoms in total. The molecule has 12 heteroatoms. The molecule has 0 aromatic carbocycles. The predicted octanol–water partition coefficient (Wildman–Crippen LogP) is -1.78. The summed E-state index contributed by atoms with van der Waals surface area (Å²) in [6.07, 6.45) is -0.0664. The Kier molecular flexibility index (Phi) is 5.79. The number of ether oxygens (including phenoxy) is 1. The van der Waals surface area contributed by atoms with Gasteiger partial charge in [0.25, 0.3) is 0 Å². The number of imidazole rings is 1. The molecule has 1 aliphatic rings. The highest BCUT2D eigenvalue weighted by Gasteiger charge is 2.46. The van der Waals surface area contributed by atoms with Crippen molar-refractivity contribution in [1.29, 1.82) is 0 Å². The number of halogens is 1. The van der Waals surface area contributed by atoms with Gasteiger partial charge in [-0.15, -0.1) is 0 Å². The molecule has 1 aliphatic heterocycles. The van der Waals surface area contributed by atoms with E-state index in [1.807, 2.05) is 0 Å². The van der Waals surface area contributed by atoms with Crippen LogP contribution in [-0.4, -0.2) is 73.2 Å². The fourth-order valence-electron chi connectivity index (χ4n) is 3.05. The Morgan fingerprint density at radius 3 is 2.93 bits per heavy atom. The summed E-state index contributed by atoms with van der Waals surface area (Å²) in [6, 6.07) is -1.86. The molecule has 0 radical (unpaired) electrons. The second-order valence-corrected chi connectivity index (χ2v) is 6.29. The number of hydrogen-bond donors (Lipinski definition) is 5. The molecule has 148 valence electrons. The van der Waals surface area contributed by atoms with Gasteiger partial charge in [-0.05, 0) is 12.8 Å². The molecule has 0 aliphatic carbocycles. The summed E-state index contributed by atoms with van der Waals surface area (Å²) in [4.78, 5) is 24.4. The zero-order valence-electron chi connectivity index (χ0n) is 14.4. The predicted molar refractivity (Wildman–Crippen MR) is 91.9 cm³/mol. The number of aromatic nitrogens is 4. The van der Waals surface area contributed by atoms with E-state index in [4.69, 9.17) is 16.2 Å². The number of rotatable bonds is 7. The van der Waals surface area contributed by atoms with Crippen LogP contribution in [0.25, 0.3) is 11.2 Å². The minimum atomic E-state index is -1.20. The first-order valence-corrected chi connectivity index (χ1v) is 8.47. The smallest absolute Gasteiger partial charge is 0.237 e. The number of amides is 1. The highest BCUT2D eigenvalue weighted by atomic mass is 19.1. The number of nitrogens with one attached hydrogen (secondary N) is 1. The van der Waals surface area contributed by atoms with Crippen molar-refractivity contribution in [3.05, 3.63) is 12.7 Å². The summed E-state index contributed by atoms with van der Waals surface area (Å²) in [7, 11) is 0. The fourth-order valence-corrected chi connectivity index (χ4v) is 3.05. The Bertz CT molecular complexity index is 804. The Labute approximate surface area is 153 Å². The molecule has 0 spiro atoms. The van der Waals surface area contributed by atoms with Crippen LogP contribution in [0.3, 0.4) is 0 Å². The van der Waals surface area contributed by atoms with E-state index in [9.17, 15) is 19.4 Å². The molecule has 2 aromatic heterocycles. The van der Waals surface area contributed by atoms with Crippen LogP contribution in [0, 0.1) is 0 Å². The number of nitrogens with two attached hydrogens (primary N) is 2. The Hall–Kier alpha value is -2.41. The highest BCUT2D eigenvalue weighted by Crippen LogP contribution is 2.32. The Morgan fingerprint density at radius 2 is 2.22 bits per heavy atom. The number of aliphatic hydroxyl groups excluding tert-OH is 2.